The van der Waals surface area contributed by atoms with E-state index in [9.17, 15) is 9.59 Å². The normalized spacial score (nSPS) is 38.1. The summed E-state index contributed by atoms with van der Waals surface area (Å²) in [4.78, 5) is 24.0. The van der Waals surface area contributed by atoms with Crippen LogP contribution in [0.25, 0.3) is 0 Å². The van der Waals surface area contributed by atoms with E-state index in [0.29, 0.717) is 5.57 Å². The Morgan fingerprint density at radius 2 is 1.88 bits per heavy atom. The molecule has 0 radical (unpaired) electrons. The molecule has 0 heterocycles. The Morgan fingerprint density at radius 1 is 1.24 bits per heavy atom. The Labute approximate surface area is 101 Å². The van der Waals surface area contributed by atoms with Gasteiger partial charge in [0.25, 0.3) is 0 Å². The van der Waals surface area contributed by atoms with Gasteiger partial charge in [-0.15, -0.1) is 0 Å². The first-order valence-electron chi connectivity index (χ1n) is 6.01. The highest BCUT2D eigenvalue weighted by Gasteiger charge is 2.58. The summed E-state index contributed by atoms with van der Waals surface area (Å²) < 4.78 is 0. The highest BCUT2D eigenvalue weighted by molar-refractivity contribution is 6.12. The maximum absolute atomic E-state index is 12.3. The largest absolute Gasteiger partial charge is 0.294 e. The van der Waals surface area contributed by atoms with E-state index < -0.39 is 0 Å². The first-order chi connectivity index (χ1) is 7.78. The van der Waals surface area contributed by atoms with Crippen LogP contribution in [0, 0.1) is 16.7 Å². The van der Waals surface area contributed by atoms with Crippen LogP contribution in [0.15, 0.2) is 35.5 Å². The van der Waals surface area contributed by atoms with Gasteiger partial charge >= 0.3 is 0 Å². The molecule has 0 aromatic carbocycles. The first kappa shape index (κ1) is 10.7. The SMILES string of the molecule is C=C1C(=O)C=C2C=C3C(=O)C(C)(C)C[C@@H]3[C@@]12C. The second kappa shape index (κ2) is 2.69. The topological polar surface area (TPSA) is 34.1 Å². The van der Waals surface area contributed by atoms with Gasteiger partial charge in [0.2, 0.25) is 0 Å². The van der Waals surface area contributed by atoms with Crippen molar-refractivity contribution >= 4 is 11.6 Å². The van der Waals surface area contributed by atoms with Gasteiger partial charge in [0.15, 0.2) is 11.6 Å². The number of carbonyl (C=O) groups excluding carboxylic acids is 2. The van der Waals surface area contributed by atoms with Crippen molar-refractivity contribution in [3.63, 3.8) is 0 Å². The zero-order valence-electron chi connectivity index (χ0n) is 10.5. The Kier molecular flexibility index (Phi) is 1.69. The van der Waals surface area contributed by atoms with Gasteiger partial charge in [-0.3, -0.25) is 9.59 Å². The van der Waals surface area contributed by atoms with Crippen LogP contribution in [0.3, 0.4) is 0 Å². The van der Waals surface area contributed by atoms with E-state index in [1.165, 1.54) is 0 Å². The number of carbonyl (C=O) groups is 2. The standard InChI is InChI=1S/C15H16O2/c1-8-12(16)6-9-5-10-11(15(8,9)4)7-14(2,3)13(10)17/h5-6,11H,1,7H2,2-4H3/t11-,15-/m0/s1. The predicted octanol–water partition coefficient (Wildman–Crippen LogP) is 2.61. The Hall–Kier alpha value is -1.44. The maximum Gasteiger partial charge on any atom is 0.182 e. The van der Waals surface area contributed by atoms with Crippen molar-refractivity contribution in [3.05, 3.63) is 35.5 Å². The molecule has 0 bridgehead atoms. The quantitative estimate of drug-likeness (QED) is 0.597. The van der Waals surface area contributed by atoms with Gasteiger partial charge in [-0.05, 0) is 18.1 Å². The van der Waals surface area contributed by atoms with Crippen molar-refractivity contribution in [2.45, 2.75) is 27.2 Å². The van der Waals surface area contributed by atoms with Crippen LogP contribution in [-0.4, -0.2) is 11.6 Å². The fourth-order valence-electron chi connectivity index (χ4n) is 3.52. The van der Waals surface area contributed by atoms with Crippen LogP contribution in [-0.2, 0) is 9.59 Å². The second-order valence-electron chi connectivity index (χ2n) is 6.21. The summed E-state index contributed by atoms with van der Waals surface area (Å²) in [7, 11) is 0. The molecule has 1 fully saturated rings. The Bertz CT molecular complexity index is 545. The highest BCUT2D eigenvalue weighted by atomic mass is 16.1. The molecule has 17 heavy (non-hydrogen) atoms. The molecule has 0 saturated heterocycles. The third kappa shape index (κ3) is 1.02. The van der Waals surface area contributed by atoms with E-state index in [1.807, 2.05) is 19.9 Å². The second-order valence-corrected chi connectivity index (χ2v) is 6.21. The molecular formula is C15H16O2. The molecule has 2 atom stereocenters. The van der Waals surface area contributed by atoms with E-state index in [2.05, 4.69) is 13.5 Å². The van der Waals surface area contributed by atoms with E-state index in [-0.39, 0.29) is 28.3 Å². The number of hydrogen-bond acceptors (Lipinski definition) is 2. The monoisotopic (exact) mass is 228 g/mol. The number of allylic oxidation sites excluding steroid dienone is 5. The summed E-state index contributed by atoms with van der Waals surface area (Å²) in [6, 6.07) is 0. The van der Waals surface area contributed by atoms with E-state index in [0.717, 1.165) is 17.6 Å². The van der Waals surface area contributed by atoms with Gasteiger partial charge < -0.3 is 0 Å². The molecule has 0 N–H and O–H groups in total. The summed E-state index contributed by atoms with van der Waals surface area (Å²) in [6.07, 6.45) is 4.39. The van der Waals surface area contributed by atoms with Gasteiger partial charge in [-0.25, -0.2) is 0 Å². The summed E-state index contributed by atoms with van der Waals surface area (Å²) in [5.74, 6) is 0.407. The van der Waals surface area contributed by atoms with E-state index >= 15 is 0 Å². The van der Waals surface area contributed by atoms with Crippen molar-refractivity contribution in [2.24, 2.45) is 16.7 Å². The van der Waals surface area contributed by atoms with Crippen molar-refractivity contribution in [1.29, 1.82) is 0 Å². The minimum Gasteiger partial charge on any atom is -0.294 e. The molecule has 1 saturated carbocycles. The lowest BCUT2D eigenvalue weighted by molar-refractivity contribution is -0.121. The molecule has 0 aromatic rings. The molecule has 3 rings (SSSR count). The van der Waals surface area contributed by atoms with Crippen molar-refractivity contribution in [1.82, 2.24) is 0 Å². The summed E-state index contributed by atoms with van der Waals surface area (Å²) in [6.45, 7) is 9.96. The lowest BCUT2D eigenvalue weighted by atomic mass is 9.71. The number of hydrogen-bond donors (Lipinski definition) is 0. The summed E-state index contributed by atoms with van der Waals surface area (Å²) in [5.41, 5.74) is 1.91. The molecule has 3 aliphatic rings. The number of ketones is 2. The lowest BCUT2D eigenvalue weighted by Gasteiger charge is -2.30. The molecule has 2 heteroatoms. The average molecular weight is 228 g/mol. The van der Waals surface area contributed by atoms with Crippen molar-refractivity contribution in [3.8, 4) is 0 Å². The first-order valence-corrected chi connectivity index (χ1v) is 6.01. The predicted molar refractivity (Wildman–Crippen MR) is 65.3 cm³/mol. The van der Waals surface area contributed by atoms with E-state index in [4.69, 9.17) is 0 Å². The van der Waals surface area contributed by atoms with Crippen LogP contribution in [0.5, 0.6) is 0 Å². The molecule has 2 nitrogen and oxygen atoms in total. The smallest absolute Gasteiger partial charge is 0.182 e. The van der Waals surface area contributed by atoms with Crippen LogP contribution in [0.2, 0.25) is 0 Å². The molecule has 0 aliphatic heterocycles. The van der Waals surface area contributed by atoms with E-state index in [1.54, 1.807) is 6.08 Å². The van der Waals surface area contributed by atoms with Crippen molar-refractivity contribution < 1.29 is 9.59 Å². The van der Waals surface area contributed by atoms with Gasteiger partial charge in [0.1, 0.15) is 0 Å². The number of rotatable bonds is 0. The van der Waals surface area contributed by atoms with Crippen molar-refractivity contribution in [2.75, 3.05) is 0 Å². The molecule has 88 valence electrons. The highest BCUT2D eigenvalue weighted by Crippen LogP contribution is 2.61. The van der Waals surface area contributed by atoms with Gasteiger partial charge in [-0.2, -0.15) is 0 Å². The average Bonchev–Trinajstić information content (AvgIpc) is 2.71. The molecular weight excluding hydrogens is 212 g/mol. The van der Waals surface area contributed by atoms with Gasteiger partial charge in [0.05, 0.1) is 0 Å². The Morgan fingerprint density at radius 3 is 2.53 bits per heavy atom. The lowest BCUT2D eigenvalue weighted by Crippen LogP contribution is -2.26. The molecule has 0 amide bonds. The fraction of sp³-hybridized carbons (Fsp3) is 0.467. The molecule has 0 aromatic heterocycles. The van der Waals surface area contributed by atoms with Crippen LogP contribution in [0.4, 0.5) is 0 Å². The summed E-state index contributed by atoms with van der Waals surface area (Å²) in [5, 5.41) is 0. The van der Waals surface area contributed by atoms with Crippen LogP contribution >= 0.6 is 0 Å². The Balaban J connectivity index is 2.18. The minimum absolute atomic E-state index is 0.0231. The summed E-state index contributed by atoms with van der Waals surface area (Å²) >= 11 is 0. The number of Topliss-reactive ketones (excluding diaryl/α,β-unsaturated/α-hetero) is 1. The molecule has 0 unspecified atom stereocenters. The third-order valence-corrected chi connectivity index (χ3v) is 4.79. The van der Waals surface area contributed by atoms with Gasteiger partial charge in [0, 0.05) is 27.9 Å². The fourth-order valence-corrected chi connectivity index (χ4v) is 3.52. The van der Waals surface area contributed by atoms with Crippen LogP contribution < -0.4 is 0 Å². The maximum atomic E-state index is 12.3. The minimum atomic E-state index is -0.324. The molecule has 3 aliphatic carbocycles. The molecule has 0 spiro atoms. The van der Waals surface area contributed by atoms with Gasteiger partial charge in [-0.1, -0.05) is 33.4 Å². The number of fused-ring (bicyclic) bond motifs is 3. The van der Waals surface area contributed by atoms with Crippen LogP contribution in [0.1, 0.15) is 27.2 Å². The zero-order chi connectivity index (χ0) is 12.6. The zero-order valence-corrected chi connectivity index (χ0v) is 10.5. The third-order valence-electron chi connectivity index (χ3n) is 4.79.